The van der Waals surface area contributed by atoms with Gasteiger partial charge in [0.2, 0.25) is 22.7 Å². The maximum Gasteiger partial charge on any atom is 0.228 e. The number of nitrogens with zero attached hydrogens (tertiary/aromatic N) is 6. The molecule has 0 spiro atoms. The number of hydrogen-bond donors (Lipinski definition) is 0. The Morgan fingerprint density at radius 1 is 0.500 bits per heavy atom. The number of hydrogen-bond acceptors (Lipinski definition) is 2. The second-order valence-corrected chi connectivity index (χ2v) is 17.0. The van der Waals surface area contributed by atoms with Gasteiger partial charge in [0.05, 0.1) is 11.6 Å². The van der Waals surface area contributed by atoms with Gasteiger partial charge in [0.25, 0.3) is 0 Å². The molecule has 0 aliphatic rings. The molecule has 4 aromatic heterocycles. The van der Waals surface area contributed by atoms with Crippen LogP contribution in [0.15, 0.2) is 189 Å². The lowest BCUT2D eigenvalue weighted by atomic mass is 9.76. The molecule has 6 heteroatoms. The van der Waals surface area contributed by atoms with Crippen molar-refractivity contribution < 1.29 is 18.3 Å². The van der Waals surface area contributed by atoms with Gasteiger partial charge in [-0.2, -0.15) is 28.8 Å². The van der Waals surface area contributed by atoms with Crippen LogP contribution in [0, 0.1) is 22.7 Å². The molecular weight excluding hydrogens is 757 g/mol. The fourth-order valence-electron chi connectivity index (χ4n) is 8.53. The van der Waals surface area contributed by atoms with Crippen molar-refractivity contribution in [3.63, 3.8) is 0 Å². The summed E-state index contributed by atoms with van der Waals surface area (Å²) in [6.07, 6.45) is 18.9. The molecule has 6 nitrogen and oxygen atoms in total. The number of benzene rings is 4. The van der Waals surface area contributed by atoms with Crippen LogP contribution in [0.5, 0.6) is 0 Å². The standard InChI is InChI=1S/C56H52N6/c1-41(2)50-15-11-16-51(55(50)62-36-27-47(28-37-62)45-23-32-60(33-24-45)53-18-8-6-13-48(53)40-58)42(3)20-29-56(4,5)52-17-7-9-19-54(52)61-34-25-46(26-35-61)44-21-30-59(31-22-44)49-14-10-12-43(38-49)39-57/h6-19,21-28,30-38,41-42H,20,29H2,1-5H3/q+4. The van der Waals surface area contributed by atoms with E-state index in [1.54, 1.807) is 0 Å². The van der Waals surface area contributed by atoms with Crippen molar-refractivity contribution in [1.29, 1.82) is 10.5 Å². The van der Waals surface area contributed by atoms with Gasteiger partial charge in [-0.3, -0.25) is 0 Å². The predicted octanol–water partition coefficient (Wildman–Crippen LogP) is 10.9. The summed E-state index contributed by atoms with van der Waals surface area (Å²) in [6.45, 7) is 11.7. The lowest BCUT2D eigenvalue weighted by Crippen LogP contribution is -2.34. The smallest absolute Gasteiger partial charge is 0.192 e. The molecule has 4 aromatic carbocycles. The molecule has 8 rings (SSSR count). The van der Waals surface area contributed by atoms with Crippen molar-refractivity contribution in [2.75, 3.05) is 0 Å². The Morgan fingerprint density at radius 3 is 1.58 bits per heavy atom. The first-order chi connectivity index (χ1) is 30.1. The molecule has 62 heavy (non-hydrogen) atoms. The minimum Gasteiger partial charge on any atom is -0.192 e. The molecule has 0 N–H and O–H groups in total. The van der Waals surface area contributed by atoms with E-state index in [0.29, 0.717) is 23.0 Å². The van der Waals surface area contributed by atoms with Crippen LogP contribution in [0.4, 0.5) is 0 Å². The topological polar surface area (TPSA) is 63.1 Å². The van der Waals surface area contributed by atoms with E-state index in [1.165, 1.54) is 28.1 Å². The monoisotopic (exact) mass is 808 g/mol. The number of rotatable bonds is 12. The average Bonchev–Trinajstić information content (AvgIpc) is 3.33. The minimum absolute atomic E-state index is 0.0818. The Bertz CT molecular complexity index is 2920. The molecule has 0 aliphatic heterocycles. The van der Waals surface area contributed by atoms with Crippen molar-refractivity contribution in [1.82, 2.24) is 0 Å². The van der Waals surface area contributed by atoms with Crippen LogP contribution in [0.25, 0.3) is 45.0 Å². The summed E-state index contributed by atoms with van der Waals surface area (Å²) in [5.74, 6) is 0.693. The first-order valence-electron chi connectivity index (χ1n) is 21.4. The maximum atomic E-state index is 9.60. The second kappa shape index (κ2) is 18.0. The third-order valence-electron chi connectivity index (χ3n) is 12.2. The Hall–Kier alpha value is -7.54. The summed E-state index contributed by atoms with van der Waals surface area (Å²) in [4.78, 5) is 0. The lowest BCUT2D eigenvalue weighted by Gasteiger charge is -2.27. The normalized spacial score (nSPS) is 11.8. The Morgan fingerprint density at radius 2 is 1.00 bits per heavy atom. The van der Waals surface area contributed by atoms with Crippen molar-refractivity contribution in [2.24, 2.45) is 0 Å². The van der Waals surface area contributed by atoms with Crippen LogP contribution < -0.4 is 18.3 Å². The highest BCUT2D eigenvalue weighted by molar-refractivity contribution is 5.62. The second-order valence-electron chi connectivity index (χ2n) is 17.0. The molecule has 0 saturated heterocycles. The molecule has 0 amide bonds. The van der Waals surface area contributed by atoms with E-state index in [2.05, 4.69) is 172 Å². The van der Waals surface area contributed by atoms with E-state index < -0.39 is 0 Å². The highest BCUT2D eigenvalue weighted by Crippen LogP contribution is 2.37. The number of nitriles is 2. The van der Waals surface area contributed by atoms with Gasteiger partial charge in [-0.1, -0.05) is 89.2 Å². The van der Waals surface area contributed by atoms with Gasteiger partial charge in [0.15, 0.2) is 49.6 Å². The summed E-state index contributed by atoms with van der Waals surface area (Å²) >= 11 is 0. The zero-order valence-corrected chi connectivity index (χ0v) is 36.2. The molecule has 0 saturated carbocycles. The van der Waals surface area contributed by atoms with Crippen molar-refractivity contribution >= 4 is 0 Å². The van der Waals surface area contributed by atoms with E-state index in [-0.39, 0.29) is 5.41 Å². The number of aromatic nitrogens is 4. The minimum atomic E-state index is -0.0818. The summed E-state index contributed by atoms with van der Waals surface area (Å²) in [6, 6.07) is 52.7. The van der Waals surface area contributed by atoms with Gasteiger partial charge in [0, 0.05) is 89.5 Å². The van der Waals surface area contributed by atoms with Crippen LogP contribution in [0.2, 0.25) is 0 Å². The summed E-state index contributed by atoms with van der Waals surface area (Å²) in [5.41, 5.74) is 14.1. The first kappa shape index (κ1) is 41.2. The Kier molecular flexibility index (Phi) is 11.9. The Balaban J connectivity index is 0.992. The average molecular weight is 809 g/mol. The molecule has 302 valence electrons. The molecule has 8 aromatic rings. The van der Waals surface area contributed by atoms with Crippen LogP contribution in [0.1, 0.15) is 87.1 Å². The van der Waals surface area contributed by atoms with Crippen molar-refractivity contribution in [3.8, 4) is 57.1 Å². The predicted molar refractivity (Wildman–Crippen MR) is 244 cm³/mol. The van der Waals surface area contributed by atoms with Crippen LogP contribution >= 0.6 is 0 Å². The summed E-state index contributed by atoms with van der Waals surface area (Å²) in [5, 5.41) is 18.9. The highest BCUT2D eigenvalue weighted by atomic mass is 15.0. The molecule has 0 radical (unpaired) electrons. The van der Waals surface area contributed by atoms with Gasteiger partial charge >= 0.3 is 0 Å². The van der Waals surface area contributed by atoms with Gasteiger partial charge in [-0.15, -0.1) is 0 Å². The van der Waals surface area contributed by atoms with E-state index in [4.69, 9.17) is 0 Å². The molecule has 0 fully saturated rings. The molecule has 4 heterocycles. The quantitative estimate of drug-likeness (QED) is 0.115. The fraction of sp³-hybridized carbons (Fsp3) is 0.179. The molecule has 0 bridgehead atoms. The number of para-hydroxylation sites is 3. The molecule has 0 aliphatic carbocycles. The largest absolute Gasteiger partial charge is 0.228 e. The zero-order valence-electron chi connectivity index (χ0n) is 36.2. The van der Waals surface area contributed by atoms with E-state index in [0.717, 1.165) is 46.5 Å². The van der Waals surface area contributed by atoms with Crippen molar-refractivity contribution in [2.45, 2.75) is 64.7 Å². The highest BCUT2D eigenvalue weighted by Gasteiger charge is 2.30. The molecular formula is C56H52N6+4. The third-order valence-corrected chi connectivity index (χ3v) is 12.2. The van der Waals surface area contributed by atoms with Gasteiger partial charge in [-0.25, -0.2) is 0 Å². The van der Waals surface area contributed by atoms with E-state index >= 15 is 0 Å². The van der Waals surface area contributed by atoms with Crippen LogP contribution in [-0.2, 0) is 5.41 Å². The van der Waals surface area contributed by atoms with Crippen molar-refractivity contribution in [3.05, 3.63) is 217 Å². The van der Waals surface area contributed by atoms with E-state index in [9.17, 15) is 10.5 Å². The SMILES string of the molecule is CC(C)c1cccc(C(C)CCC(C)(C)c2ccccc2-[n+]2ccc(-c3cc[n+](-c4cccc(C#N)c4)cc3)cc2)c1-[n+]1ccc(-c2cc[n+](-c3ccccc3C#N)cc2)cc1. The lowest BCUT2D eigenvalue weighted by molar-refractivity contribution is -0.597. The summed E-state index contributed by atoms with van der Waals surface area (Å²) in [7, 11) is 0. The fourth-order valence-corrected chi connectivity index (χ4v) is 8.53. The van der Waals surface area contributed by atoms with Crippen LogP contribution in [-0.4, -0.2) is 0 Å². The molecule has 1 atom stereocenters. The Labute approximate surface area is 366 Å². The van der Waals surface area contributed by atoms with Gasteiger partial charge in [0.1, 0.15) is 11.6 Å². The molecule has 1 unspecified atom stereocenters. The van der Waals surface area contributed by atoms with Gasteiger partial charge < -0.3 is 0 Å². The van der Waals surface area contributed by atoms with Gasteiger partial charge in [-0.05, 0) is 64.5 Å². The van der Waals surface area contributed by atoms with Crippen LogP contribution in [0.3, 0.4) is 0 Å². The maximum absolute atomic E-state index is 9.60. The summed E-state index contributed by atoms with van der Waals surface area (Å²) < 4.78 is 8.58. The third kappa shape index (κ3) is 8.69. The van der Waals surface area contributed by atoms with E-state index in [1.807, 2.05) is 82.5 Å². The zero-order chi connectivity index (χ0) is 43.2. The number of pyridine rings is 4. The first-order valence-corrected chi connectivity index (χ1v) is 21.4.